The molecule has 0 aliphatic rings. The summed E-state index contributed by atoms with van der Waals surface area (Å²) in [7, 11) is 1.68. The quantitative estimate of drug-likeness (QED) is 0.460. The summed E-state index contributed by atoms with van der Waals surface area (Å²) < 4.78 is 15.9. The van der Waals surface area contributed by atoms with Gasteiger partial charge in [0.25, 0.3) is 0 Å². The Morgan fingerprint density at radius 3 is 2.53 bits per heavy atom. The molecule has 0 aromatic rings. The smallest absolute Gasteiger partial charge is 0.325 e. The Labute approximate surface area is 117 Å². The molecule has 0 amide bonds. The van der Waals surface area contributed by atoms with Gasteiger partial charge in [-0.1, -0.05) is 6.92 Å². The zero-order valence-corrected chi connectivity index (χ0v) is 13.0. The third-order valence-corrected chi connectivity index (χ3v) is 2.90. The lowest BCUT2D eigenvalue weighted by molar-refractivity contribution is -0.147. The molecule has 0 saturated carbocycles. The summed E-state index contributed by atoms with van der Waals surface area (Å²) in [4.78, 5) is 11.7. The van der Waals surface area contributed by atoms with Crippen LogP contribution in [0.4, 0.5) is 0 Å². The highest BCUT2D eigenvalue weighted by molar-refractivity contribution is 5.75. The van der Waals surface area contributed by atoms with Gasteiger partial charge in [0, 0.05) is 13.7 Å². The average Bonchev–Trinajstić information content (AvgIpc) is 2.38. The minimum absolute atomic E-state index is 0.198. The number of carbonyl (C=O) groups excluding carboxylic acids is 1. The van der Waals surface area contributed by atoms with Gasteiger partial charge in [0.15, 0.2) is 0 Å². The van der Waals surface area contributed by atoms with Gasteiger partial charge in [-0.05, 0) is 40.2 Å². The molecule has 0 aromatic carbocycles. The van der Waals surface area contributed by atoms with Gasteiger partial charge < -0.3 is 19.5 Å². The number of methoxy groups -OCH3 is 1. The van der Waals surface area contributed by atoms with Crippen LogP contribution in [0.3, 0.4) is 0 Å². The Morgan fingerprint density at radius 2 is 2.00 bits per heavy atom. The van der Waals surface area contributed by atoms with Crippen LogP contribution in [0.2, 0.25) is 0 Å². The van der Waals surface area contributed by atoms with Gasteiger partial charge >= 0.3 is 5.97 Å². The molecule has 1 N–H and O–H groups in total. The van der Waals surface area contributed by atoms with Crippen molar-refractivity contribution in [2.75, 3.05) is 33.5 Å². The lowest BCUT2D eigenvalue weighted by atomic mass is 10.1. The number of hydrogen-bond donors (Lipinski definition) is 1. The van der Waals surface area contributed by atoms with Crippen molar-refractivity contribution < 1.29 is 19.0 Å². The molecule has 1 unspecified atom stereocenters. The minimum Gasteiger partial charge on any atom is -0.465 e. The molecule has 0 aromatic heterocycles. The molecule has 0 rings (SSSR count). The van der Waals surface area contributed by atoms with Crippen LogP contribution in [0.5, 0.6) is 0 Å². The predicted molar refractivity (Wildman–Crippen MR) is 75.2 cm³/mol. The van der Waals surface area contributed by atoms with Crippen LogP contribution in [-0.4, -0.2) is 51.1 Å². The Morgan fingerprint density at radius 1 is 1.32 bits per heavy atom. The van der Waals surface area contributed by atoms with Crippen LogP contribution in [0.25, 0.3) is 0 Å². The number of esters is 1. The van der Waals surface area contributed by atoms with Crippen molar-refractivity contribution >= 4 is 5.97 Å². The summed E-state index contributed by atoms with van der Waals surface area (Å²) >= 11 is 0. The average molecular weight is 275 g/mol. The zero-order chi connectivity index (χ0) is 14.7. The first-order valence-corrected chi connectivity index (χ1v) is 6.99. The first-order valence-electron chi connectivity index (χ1n) is 6.99. The third kappa shape index (κ3) is 8.97. The van der Waals surface area contributed by atoms with Crippen molar-refractivity contribution in [3.8, 4) is 0 Å². The van der Waals surface area contributed by atoms with E-state index in [0.717, 1.165) is 19.4 Å². The first kappa shape index (κ1) is 18.4. The van der Waals surface area contributed by atoms with E-state index in [2.05, 4.69) is 12.2 Å². The maximum absolute atomic E-state index is 11.7. The molecule has 0 bridgehead atoms. The zero-order valence-electron chi connectivity index (χ0n) is 13.0. The second-order valence-electron chi connectivity index (χ2n) is 5.05. The van der Waals surface area contributed by atoms with Gasteiger partial charge in [-0.15, -0.1) is 0 Å². The molecular weight excluding hydrogens is 246 g/mol. The van der Waals surface area contributed by atoms with Gasteiger partial charge in [-0.2, -0.15) is 0 Å². The molecule has 19 heavy (non-hydrogen) atoms. The highest BCUT2D eigenvalue weighted by Crippen LogP contribution is 2.12. The standard InChI is InChI=1S/C14H29NO4/c1-6-9-15-12(13(16)19-7-2)11-18-10-8-14(3,4)17-5/h12,15H,6-11H2,1-5H3. The number of carbonyl (C=O) groups is 1. The van der Waals surface area contributed by atoms with Gasteiger partial charge in [0.05, 0.1) is 18.8 Å². The number of nitrogens with one attached hydrogen (secondary N) is 1. The summed E-state index contributed by atoms with van der Waals surface area (Å²) in [6, 6.07) is -0.384. The van der Waals surface area contributed by atoms with Crippen molar-refractivity contribution in [3.63, 3.8) is 0 Å². The van der Waals surface area contributed by atoms with Crippen molar-refractivity contribution in [1.29, 1.82) is 0 Å². The summed E-state index contributed by atoms with van der Waals surface area (Å²) in [5, 5.41) is 3.13. The van der Waals surface area contributed by atoms with E-state index < -0.39 is 0 Å². The van der Waals surface area contributed by atoms with E-state index in [1.165, 1.54) is 0 Å². The molecule has 0 aliphatic carbocycles. The predicted octanol–water partition coefficient (Wildman–Crippen LogP) is 1.75. The fourth-order valence-electron chi connectivity index (χ4n) is 1.39. The van der Waals surface area contributed by atoms with E-state index >= 15 is 0 Å². The highest BCUT2D eigenvalue weighted by atomic mass is 16.5. The Bertz CT molecular complexity index is 244. The van der Waals surface area contributed by atoms with Gasteiger partial charge in [-0.25, -0.2) is 0 Å². The normalized spacial score (nSPS) is 13.3. The van der Waals surface area contributed by atoms with Crippen LogP contribution in [0.1, 0.15) is 40.5 Å². The molecule has 0 saturated heterocycles. The summed E-state index contributed by atoms with van der Waals surface area (Å²) in [6.45, 7) is 9.93. The lowest BCUT2D eigenvalue weighted by Gasteiger charge is -2.23. The molecule has 0 fully saturated rings. The topological polar surface area (TPSA) is 56.8 Å². The Balaban J connectivity index is 4.01. The van der Waals surface area contributed by atoms with Crippen LogP contribution < -0.4 is 5.32 Å². The molecule has 5 nitrogen and oxygen atoms in total. The van der Waals surface area contributed by atoms with Crippen LogP contribution in [-0.2, 0) is 19.0 Å². The Hall–Kier alpha value is -0.650. The van der Waals surface area contributed by atoms with E-state index in [9.17, 15) is 4.79 Å². The van der Waals surface area contributed by atoms with Gasteiger partial charge in [0.2, 0.25) is 0 Å². The monoisotopic (exact) mass is 275 g/mol. The molecule has 0 radical (unpaired) electrons. The van der Waals surface area contributed by atoms with E-state index in [0.29, 0.717) is 19.8 Å². The van der Waals surface area contributed by atoms with E-state index in [1.54, 1.807) is 14.0 Å². The molecule has 5 heteroatoms. The summed E-state index contributed by atoms with van der Waals surface area (Å²) in [6.07, 6.45) is 1.75. The fraction of sp³-hybridized carbons (Fsp3) is 0.929. The highest BCUT2D eigenvalue weighted by Gasteiger charge is 2.20. The summed E-state index contributed by atoms with van der Waals surface area (Å²) in [5.41, 5.74) is -0.198. The van der Waals surface area contributed by atoms with Gasteiger partial charge in [-0.3, -0.25) is 4.79 Å². The maximum atomic E-state index is 11.7. The number of ether oxygens (including phenoxy) is 3. The first-order chi connectivity index (χ1) is 8.96. The second kappa shape index (κ2) is 10.2. The van der Waals surface area contributed by atoms with Crippen LogP contribution >= 0.6 is 0 Å². The Kier molecular flexibility index (Phi) is 9.83. The molecular formula is C14H29NO4. The number of rotatable bonds is 11. The fourth-order valence-corrected chi connectivity index (χ4v) is 1.39. The molecule has 114 valence electrons. The van der Waals surface area contributed by atoms with E-state index in [-0.39, 0.29) is 17.6 Å². The third-order valence-electron chi connectivity index (χ3n) is 2.90. The van der Waals surface area contributed by atoms with Gasteiger partial charge in [0.1, 0.15) is 6.04 Å². The molecule has 0 heterocycles. The van der Waals surface area contributed by atoms with Crippen molar-refractivity contribution in [2.24, 2.45) is 0 Å². The molecule has 1 atom stereocenters. The maximum Gasteiger partial charge on any atom is 0.325 e. The minimum atomic E-state index is -0.384. The van der Waals surface area contributed by atoms with Crippen molar-refractivity contribution in [3.05, 3.63) is 0 Å². The lowest BCUT2D eigenvalue weighted by Crippen LogP contribution is -2.42. The SMILES string of the molecule is CCCNC(COCCC(C)(C)OC)C(=O)OCC. The largest absolute Gasteiger partial charge is 0.465 e. The van der Waals surface area contributed by atoms with E-state index in [4.69, 9.17) is 14.2 Å². The molecule has 0 aliphatic heterocycles. The van der Waals surface area contributed by atoms with Crippen LogP contribution in [0.15, 0.2) is 0 Å². The number of hydrogen-bond acceptors (Lipinski definition) is 5. The van der Waals surface area contributed by atoms with Crippen molar-refractivity contribution in [1.82, 2.24) is 5.32 Å². The second-order valence-corrected chi connectivity index (χ2v) is 5.05. The molecule has 0 spiro atoms. The summed E-state index contributed by atoms with van der Waals surface area (Å²) in [5.74, 6) is -0.248. The van der Waals surface area contributed by atoms with E-state index in [1.807, 2.05) is 13.8 Å². The van der Waals surface area contributed by atoms with Crippen molar-refractivity contribution in [2.45, 2.75) is 52.2 Å². The van der Waals surface area contributed by atoms with Crippen LogP contribution in [0, 0.1) is 0 Å².